The van der Waals surface area contributed by atoms with Gasteiger partial charge < -0.3 is 14.8 Å². The molecule has 1 atom stereocenters. The smallest absolute Gasteiger partial charge is 0.320 e. The maximum absolute atomic E-state index is 13.2. The number of carbonyl (C=O) groups is 1. The molecule has 2 amide bonds. The van der Waals surface area contributed by atoms with Crippen LogP contribution in [0.2, 0.25) is 0 Å². The Labute approximate surface area is 182 Å². The molecule has 3 aromatic heterocycles. The lowest BCUT2D eigenvalue weighted by Gasteiger charge is -2.18. The first-order valence-corrected chi connectivity index (χ1v) is 9.60. The Balaban J connectivity index is 1.48. The Morgan fingerprint density at radius 2 is 1.88 bits per heavy atom. The van der Waals surface area contributed by atoms with Crippen LogP contribution in [0, 0.1) is 5.82 Å². The molecule has 11 heteroatoms. The highest BCUT2D eigenvalue weighted by atomic mass is 19.1. The molecular weight excluding hydrogens is 417 g/mol. The minimum atomic E-state index is -0.480. The predicted molar refractivity (Wildman–Crippen MR) is 115 cm³/mol. The number of fused-ring (bicyclic) bond motifs is 1. The van der Waals surface area contributed by atoms with Crippen LogP contribution in [0.15, 0.2) is 48.9 Å². The number of anilines is 1. The zero-order valence-corrected chi connectivity index (χ0v) is 17.3. The molecule has 0 aliphatic carbocycles. The molecule has 0 saturated heterocycles. The van der Waals surface area contributed by atoms with Crippen molar-refractivity contribution in [3.8, 4) is 17.3 Å². The van der Waals surface area contributed by atoms with Crippen molar-refractivity contribution >= 4 is 22.8 Å². The maximum Gasteiger partial charge on any atom is 0.320 e. The largest absolute Gasteiger partial charge is 0.467 e. The van der Waals surface area contributed by atoms with Gasteiger partial charge in [0.05, 0.1) is 25.3 Å². The van der Waals surface area contributed by atoms with Crippen LogP contribution in [0.5, 0.6) is 6.01 Å². The number of halogens is 1. The monoisotopic (exact) mass is 437 g/mol. The molecule has 1 unspecified atom stereocenters. The number of methoxy groups -OCH3 is 2. The van der Waals surface area contributed by atoms with Gasteiger partial charge in [0, 0.05) is 42.7 Å². The molecule has 4 aromatic rings. The van der Waals surface area contributed by atoms with Gasteiger partial charge in [0.2, 0.25) is 0 Å². The Morgan fingerprint density at radius 1 is 1.12 bits per heavy atom. The van der Waals surface area contributed by atoms with E-state index in [0.29, 0.717) is 28.2 Å². The Morgan fingerprint density at radius 3 is 2.56 bits per heavy atom. The third-order valence-corrected chi connectivity index (χ3v) is 4.68. The van der Waals surface area contributed by atoms with Crippen LogP contribution in [0.4, 0.5) is 15.0 Å². The molecule has 32 heavy (non-hydrogen) atoms. The normalized spacial score (nSPS) is 11.8. The number of hydrogen-bond donors (Lipinski definition) is 3. The fourth-order valence-electron chi connectivity index (χ4n) is 3.14. The highest BCUT2D eigenvalue weighted by molar-refractivity contribution is 5.95. The van der Waals surface area contributed by atoms with Gasteiger partial charge in [0.1, 0.15) is 17.3 Å². The molecular formula is C21H20FN7O3. The number of nitrogens with one attached hydrogen (secondary N) is 3. The number of aromatic nitrogens is 5. The van der Waals surface area contributed by atoms with E-state index in [4.69, 9.17) is 9.47 Å². The van der Waals surface area contributed by atoms with E-state index in [0.717, 1.165) is 5.39 Å². The second kappa shape index (κ2) is 9.35. The Hall–Kier alpha value is -4.12. The molecule has 0 bridgehead atoms. The zero-order chi connectivity index (χ0) is 22.5. The Bertz CT molecular complexity index is 1210. The van der Waals surface area contributed by atoms with Crippen LogP contribution in [-0.4, -0.2) is 52.0 Å². The summed E-state index contributed by atoms with van der Waals surface area (Å²) < 4.78 is 23.3. The molecule has 10 nitrogen and oxygen atoms in total. The molecule has 0 fully saturated rings. The quantitative estimate of drug-likeness (QED) is 0.405. The molecule has 4 rings (SSSR count). The van der Waals surface area contributed by atoms with Gasteiger partial charge in [-0.3, -0.25) is 10.4 Å². The number of carbonyl (C=O) groups excluding carboxylic acids is 1. The van der Waals surface area contributed by atoms with E-state index in [2.05, 4.69) is 35.8 Å². The summed E-state index contributed by atoms with van der Waals surface area (Å²) in [7, 11) is 3.01. The predicted octanol–water partition coefficient (Wildman–Crippen LogP) is 3.07. The summed E-state index contributed by atoms with van der Waals surface area (Å²) in [5.74, 6) is -0.0292. The second-order valence-corrected chi connectivity index (χ2v) is 6.80. The first-order valence-electron chi connectivity index (χ1n) is 9.60. The molecule has 0 radical (unpaired) electrons. The van der Waals surface area contributed by atoms with Crippen LogP contribution in [0.3, 0.4) is 0 Å². The van der Waals surface area contributed by atoms with Gasteiger partial charge in [-0.1, -0.05) is 12.1 Å². The molecule has 1 aromatic carbocycles. The van der Waals surface area contributed by atoms with E-state index in [1.54, 1.807) is 36.8 Å². The van der Waals surface area contributed by atoms with E-state index in [1.807, 2.05) is 0 Å². The molecule has 3 N–H and O–H groups in total. The maximum atomic E-state index is 13.2. The van der Waals surface area contributed by atoms with Gasteiger partial charge in [-0.15, -0.1) is 0 Å². The first-order chi connectivity index (χ1) is 15.6. The number of benzene rings is 1. The van der Waals surface area contributed by atoms with Gasteiger partial charge in [-0.25, -0.2) is 24.1 Å². The van der Waals surface area contributed by atoms with Crippen LogP contribution in [-0.2, 0) is 4.74 Å². The summed E-state index contributed by atoms with van der Waals surface area (Å²) in [6.07, 6.45) is 4.81. The lowest BCUT2D eigenvalue weighted by atomic mass is 10.1. The standard InChI is InChI=1S/C21H20FN7O3/c1-31-11-17(12-3-5-14(22)6-4-12)26-20(30)27-18-7-16-15(10-23-18)19(29-28-16)13-8-24-21(32-2)25-9-13/h3-10,17H,11H2,1-2H3,(H,28,29)(H2,23,26,27,30). The average Bonchev–Trinajstić information content (AvgIpc) is 3.22. The van der Waals surface area contributed by atoms with E-state index in [9.17, 15) is 9.18 Å². The SMILES string of the molecule is COCC(NC(=O)Nc1cc2[nH]nc(-c3cnc(OC)nc3)c2cn1)c1ccc(F)cc1. The number of ether oxygens (including phenoxy) is 2. The third kappa shape index (κ3) is 4.62. The molecule has 0 aliphatic heterocycles. The fourth-order valence-corrected chi connectivity index (χ4v) is 3.14. The molecule has 164 valence electrons. The average molecular weight is 437 g/mol. The molecule has 3 heterocycles. The lowest BCUT2D eigenvalue weighted by Crippen LogP contribution is -2.35. The van der Waals surface area contributed by atoms with Crippen molar-refractivity contribution in [3.05, 3.63) is 60.3 Å². The topological polar surface area (TPSA) is 127 Å². The van der Waals surface area contributed by atoms with Crippen molar-refractivity contribution in [2.45, 2.75) is 6.04 Å². The highest BCUT2D eigenvalue weighted by Crippen LogP contribution is 2.26. The summed E-state index contributed by atoms with van der Waals surface area (Å²) in [5.41, 5.74) is 2.71. The number of H-pyrrole nitrogens is 1. The first kappa shape index (κ1) is 21.1. The van der Waals surface area contributed by atoms with Gasteiger partial charge in [0.15, 0.2) is 0 Å². The van der Waals surface area contributed by atoms with E-state index < -0.39 is 12.1 Å². The van der Waals surface area contributed by atoms with Gasteiger partial charge in [-0.05, 0) is 17.7 Å². The van der Waals surface area contributed by atoms with E-state index in [1.165, 1.54) is 26.4 Å². The number of aromatic amines is 1. The van der Waals surface area contributed by atoms with E-state index in [-0.39, 0.29) is 18.4 Å². The lowest BCUT2D eigenvalue weighted by molar-refractivity contribution is 0.168. The van der Waals surface area contributed by atoms with Gasteiger partial charge in [0.25, 0.3) is 0 Å². The minimum absolute atomic E-state index is 0.222. The summed E-state index contributed by atoms with van der Waals surface area (Å²) in [4.78, 5) is 25.0. The fraction of sp³-hybridized carbons (Fsp3) is 0.190. The zero-order valence-electron chi connectivity index (χ0n) is 17.3. The number of pyridine rings is 1. The van der Waals surface area contributed by atoms with Crippen LogP contribution < -0.4 is 15.4 Å². The van der Waals surface area contributed by atoms with Crippen molar-refractivity contribution in [1.29, 1.82) is 0 Å². The third-order valence-electron chi connectivity index (χ3n) is 4.68. The highest BCUT2D eigenvalue weighted by Gasteiger charge is 2.16. The summed E-state index contributed by atoms with van der Waals surface area (Å²) >= 11 is 0. The van der Waals surface area contributed by atoms with Crippen LogP contribution in [0.1, 0.15) is 11.6 Å². The summed E-state index contributed by atoms with van der Waals surface area (Å²) in [6, 6.07) is 6.84. The molecule has 0 aliphatic rings. The minimum Gasteiger partial charge on any atom is -0.467 e. The molecule has 0 spiro atoms. The number of urea groups is 1. The van der Waals surface area contributed by atoms with Crippen molar-refractivity contribution in [2.75, 3.05) is 26.1 Å². The van der Waals surface area contributed by atoms with Crippen LogP contribution >= 0.6 is 0 Å². The van der Waals surface area contributed by atoms with Crippen molar-refractivity contribution in [3.63, 3.8) is 0 Å². The Kier molecular flexibility index (Phi) is 6.17. The van der Waals surface area contributed by atoms with E-state index >= 15 is 0 Å². The number of nitrogens with zero attached hydrogens (tertiary/aromatic N) is 4. The van der Waals surface area contributed by atoms with Crippen molar-refractivity contribution in [1.82, 2.24) is 30.5 Å². The van der Waals surface area contributed by atoms with Gasteiger partial charge in [-0.2, -0.15) is 5.10 Å². The number of amides is 2. The summed E-state index contributed by atoms with van der Waals surface area (Å²) in [6.45, 7) is 0.222. The number of rotatable bonds is 7. The van der Waals surface area contributed by atoms with Crippen molar-refractivity contribution < 1.29 is 18.7 Å². The van der Waals surface area contributed by atoms with Crippen LogP contribution in [0.25, 0.3) is 22.2 Å². The summed E-state index contributed by atoms with van der Waals surface area (Å²) in [5, 5.41) is 13.4. The van der Waals surface area contributed by atoms with Crippen molar-refractivity contribution in [2.24, 2.45) is 0 Å². The molecule has 0 saturated carbocycles. The second-order valence-electron chi connectivity index (χ2n) is 6.80. The van der Waals surface area contributed by atoms with Gasteiger partial charge >= 0.3 is 12.0 Å². The number of hydrogen-bond acceptors (Lipinski definition) is 7.